The quantitative estimate of drug-likeness (QED) is 0.717. The minimum Gasteiger partial charge on any atom is -0.368 e. The zero-order valence-corrected chi connectivity index (χ0v) is 14.2. The van der Waals surface area contributed by atoms with Crippen molar-refractivity contribution in [3.8, 4) is 0 Å². The smallest absolute Gasteiger partial charge is 0.222 e. The lowest BCUT2D eigenvalue weighted by molar-refractivity contribution is -0.119. The number of amides is 1. The first-order chi connectivity index (χ1) is 11.3. The van der Waals surface area contributed by atoms with Crippen molar-refractivity contribution >= 4 is 28.7 Å². The predicted octanol–water partition coefficient (Wildman–Crippen LogP) is 2.24. The van der Waals surface area contributed by atoms with Crippen molar-refractivity contribution in [3.63, 3.8) is 0 Å². The maximum atomic E-state index is 13.4. The number of nitrogens with one attached hydrogen (secondary N) is 2. The van der Waals surface area contributed by atoms with Crippen molar-refractivity contribution in [2.45, 2.75) is 45.6 Å². The minimum atomic E-state index is -0.487. The Kier molecular flexibility index (Phi) is 5.48. The number of nitrogen functional groups attached to an aromatic ring is 1. The van der Waals surface area contributed by atoms with Crippen LogP contribution in [0, 0.1) is 5.82 Å². The van der Waals surface area contributed by atoms with Crippen LogP contribution in [0.5, 0.6) is 0 Å². The molecule has 0 radical (unpaired) electrons. The van der Waals surface area contributed by atoms with Gasteiger partial charge in [-0.3, -0.25) is 4.79 Å². The van der Waals surface area contributed by atoms with Gasteiger partial charge in [-0.15, -0.1) is 0 Å². The Bertz CT molecular complexity index is 733. The summed E-state index contributed by atoms with van der Waals surface area (Å²) in [4.78, 5) is 23.6. The maximum absolute atomic E-state index is 13.4. The number of nitrogens with two attached hydrogens (primary N) is 1. The molecule has 2 heterocycles. The third-order valence-corrected chi connectivity index (χ3v) is 3.75. The summed E-state index contributed by atoms with van der Waals surface area (Å²) in [6, 6.07) is 1.27. The second kappa shape index (κ2) is 7.37. The first-order valence-corrected chi connectivity index (χ1v) is 7.94. The first kappa shape index (κ1) is 17.8. The average molecular weight is 334 g/mol. The third kappa shape index (κ3) is 4.50. The first-order valence-electron chi connectivity index (χ1n) is 7.94. The number of hydrogen-bond acceptors (Lipinski definition) is 6. The molecule has 2 aromatic rings. The Labute approximate surface area is 140 Å². The van der Waals surface area contributed by atoms with Gasteiger partial charge >= 0.3 is 0 Å². The number of aromatic nitrogens is 3. The number of unbranched alkanes of at least 4 members (excludes halogenated alkanes) is 1. The lowest BCUT2D eigenvalue weighted by atomic mass is 9.94. The van der Waals surface area contributed by atoms with Crippen LogP contribution in [0.15, 0.2) is 12.3 Å². The summed E-state index contributed by atoms with van der Waals surface area (Å²) in [6.07, 6.45) is 3.93. The summed E-state index contributed by atoms with van der Waals surface area (Å²) in [6.45, 7) is 5.99. The van der Waals surface area contributed by atoms with E-state index in [1.165, 1.54) is 13.0 Å². The molecular formula is C16H23FN6O. The van der Waals surface area contributed by atoms with Crippen molar-refractivity contribution in [1.82, 2.24) is 20.3 Å². The largest absolute Gasteiger partial charge is 0.368 e. The Hall–Kier alpha value is -2.51. The molecule has 130 valence electrons. The van der Waals surface area contributed by atoms with E-state index >= 15 is 0 Å². The van der Waals surface area contributed by atoms with E-state index in [0.29, 0.717) is 23.4 Å². The Morgan fingerprint density at radius 2 is 2.17 bits per heavy atom. The second-order valence-electron chi connectivity index (χ2n) is 6.15. The van der Waals surface area contributed by atoms with E-state index < -0.39 is 11.4 Å². The molecule has 7 nitrogen and oxygen atoms in total. The molecule has 0 unspecified atom stereocenters. The van der Waals surface area contributed by atoms with Gasteiger partial charge in [0, 0.05) is 19.5 Å². The lowest BCUT2D eigenvalue weighted by Gasteiger charge is -2.32. The van der Waals surface area contributed by atoms with Gasteiger partial charge in [0.25, 0.3) is 0 Å². The molecule has 2 aromatic heterocycles. The van der Waals surface area contributed by atoms with Gasteiger partial charge in [0.1, 0.15) is 11.3 Å². The molecular weight excluding hydrogens is 311 g/mol. The molecule has 0 spiro atoms. The van der Waals surface area contributed by atoms with E-state index in [9.17, 15) is 9.18 Å². The van der Waals surface area contributed by atoms with Crippen LogP contribution in [0.3, 0.4) is 0 Å². The highest BCUT2D eigenvalue weighted by Crippen LogP contribution is 2.25. The molecule has 0 fully saturated rings. The molecule has 24 heavy (non-hydrogen) atoms. The van der Waals surface area contributed by atoms with Gasteiger partial charge in [-0.1, -0.05) is 19.8 Å². The molecule has 0 saturated heterocycles. The molecule has 0 aliphatic heterocycles. The number of halogens is 1. The molecule has 8 heteroatoms. The maximum Gasteiger partial charge on any atom is 0.222 e. The minimum absolute atomic E-state index is 0.0368. The molecule has 4 N–H and O–H groups in total. The average Bonchev–Trinajstić information content (AvgIpc) is 2.50. The van der Waals surface area contributed by atoms with E-state index in [1.54, 1.807) is 0 Å². The monoisotopic (exact) mass is 334 g/mol. The fourth-order valence-corrected chi connectivity index (χ4v) is 2.47. The van der Waals surface area contributed by atoms with Gasteiger partial charge in [0.05, 0.1) is 17.3 Å². The van der Waals surface area contributed by atoms with Crippen LogP contribution in [0.25, 0.3) is 11.0 Å². The summed E-state index contributed by atoms with van der Waals surface area (Å²) in [5.74, 6) is -0.124. The normalized spacial score (nSPS) is 13.5. The molecule has 0 aliphatic carbocycles. The molecule has 1 amide bonds. The van der Waals surface area contributed by atoms with E-state index in [-0.39, 0.29) is 11.9 Å². The molecule has 0 aromatic carbocycles. The van der Waals surface area contributed by atoms with Crippen LogP contribution < -0.4 is 16.4 Å². The SMILES string of the molecule is CCCC[C@@](C)(CNC(C)=O)Nc1nc(N)nc2cc(F)cnc12. The van der Waals surface area contributed by atoms with Crippen LogP contribution in [-0.2, 0) is 4.79 Å². The topological polar surface area (TPSA) is 106 Å². The summed E-state index contributed by atoms with van der Waals surface area (Å²) >= 11 is 0. The predicted molar refractivity (Wildman–Crippen MR) is 91.9 cm³/mol. The van der Waals surface area contributed by atoms with Gasteiger partial charge in [0.15, 0.2) is 5.82 Å². The van der Waals surface area contributed by atoms with Gasteiger partial charge in [0.2, 0.25) is 11.9 Å². The van der Waals surface area contributed by atoms with Gasteiger partial charge in [-0.2, -0.15) is 4.98 Å². The Morgan fingerprint density at radius 3 is 2.83 bits per heavy atom. The number of pyridine rings is 1. The summed E-state index contributed by atoms with van der Waals surface area (Å²) < 4.78 is 13.4. The van der Waals surface area contributed by atoms with Gasteiger partial charge < -0.3 is 16.4 Å². The van der Waals surface area contributed by atoms with Crippen LogP contribution in [0.2, 0.25) is 0 Å². The fraction of sp³-hybridized carbons (Fsp3) is 0.500. The van der Waals surface area contributed by atoms with E-state index in [4.69, 9.17) is 5.73 Å². The second-order valence-corrected chi connectivity index (χ2v) is 6.15. The Morgan fingerprint density at radius 1 is 1.42 bits per heavy atom. The highest BCUT2D eigenvalue weighted by atomic mass is 19.1. The molecule has 1 atom stereocenters. The Balaban J connectivity index is 2.37. The van der Waals surface area contributed by atoms with Crippen molar-refractivity contribution in [2.24, 2.45) is 0 Å². The number of carbonyl (C=O) groups is 1. The number of nitrogens with zero attached hydrogens (tertiary/aromatic N) is 3. The number of carbonyl (C=O) groups excluding carboxylic acids is 1. The highest BCUT2D eigenvalue weighted by Gasteiger charge is 2.26. The summed E-state index contributed by atoms with van der Waals surface area (Å²) in [5, 5.41) is 6.15. The third-order valence-electron chi connectivity index (χ3n) is 3.75. The zero-order chi connectivity index (χ0) is 17.7. The number of anilines is 2. The van der Waals surface area contributed by atoms with Gasteiger partial charge in [-0.05, 0) is 13.3 Å². The van der Waals surface area contributed by atoms with Crippen molar-refractivity contribution in [3.05, 3.63) is 18.1 Å². The molecule has 0 saturated carbocycles. The summed E-state index contributed by atoms with van der Waals surface area (Å²) in [7, 11) is 0. The van der Waals surface area contributed by atoms with E-state index in [0.717, 1.165) is 25.5 Å². The lowest BCUT2D eigenvalue weighted by Crippen LogP contribution is -2.46. The number of fused-ring (bicyclic) bond motifs is 1. The standard InChI is InChI=1S/C16H23FN6O/c1-4-5-6-16(3,9-20-10(2)24)23-14-13-12(21-15(18)22-14)7-11(17)8-19-13/h7-8H,4-6,9H2,1-3H3,(H,20,24)(H3,18,21,22,23)/t16-/m0/s1. The van der Waals surface area contributed by atoms with Crippen molar-refractivity contribution in [1.29, 1.82) is 0 Å². The highest BCUT2D eigenvalue weighted by molar-refractivity contribution is 5.86. The van der Waals surface area contributed by atoms with E-state index in [2.05, 4.69) is 32.5 Å². The summed E-state index contributed by atoms with van der Waals surface area (Å²) in [5.41, 5.74) is 6.07. The van der Waals surface area contributed by atoms with Crippen LogP contribution in [-0.4, -0.2) is 32.9 Å². The van der Waals surface area contributed by atoms with Crippen molar-refractivity contribution in [2.75, 3.05) is 17.6 Å². The molecule has 0 bridgehead atoms. The van der Waals surface area contributed by atoms with E-state index in [1.807, 2.05) is 6.92 Å². The van der Waals surface area contributed by atoms with Crippen molar-refractivity contribution < 1.29 is 9.18 Å². The van der Waals surface area contributed by atoms with Crippen LogP contribution >= 0.6 is 0 Å². The van der Waals surface area contributed by atoms with Crippen LogP contribution in [0.4, 0.5) is 16.2 Å². The fourth-order valence-electron chi connectivity index (χ4n) is 2.47. The molecule has 2 rings (SSSR count). The number of rotatable bonds is 7. The van der Waals surface area contributed by atoms with Gasteiger partial charge in [-0.25, -0.2) is 14.4 Å². The zero-order valence-electron chi connectivity index (χ0n) is 14.2. The van der Waals surface area contributed by atoms with Crippen LogP contribution in [0.1, 0.15) is 40.0 Å². The number of hydrogen-bond donors (Lipinski definition) is 3. The molecule has 0 aliphatic rings.